The van der Waals surface area contributed by atoms with E-state index in [1.165, 1.54) is 0 Å². The van der Waals surface area contributed by atoms with E-state index in [4.69, 9.17) is 0 Å². The summed E-state index contributed by atoms with van der Waals surface area (Å²) in [5, 5.41) is 1.12. The summed E-state index contributed by atoms with van der Waals surface area (Å²) < 4.78 is 1.59. The maximum Gasteiger partial charge on any atom is 0.256 e. The molecule has 0 amide bonds. The number of hydrogen-bond acceptors (Lipinski definition) is 2. The van der Waals surface area contributed by atoms with Gasteiger partial charge in [0.05, 0.1) is 5.52 Å². The highest BCUT2D eigenvalue weighted by Gasteiger charge is 2.05. The Balaban J connectivity index is 2.31. The maximum atomic E-state index is 11.9. The quantitative estimate of drug-likeness (QED) is 0.665. The predicted octanol–water partition coefficient (Wildman–Crippen LogP) is 3.00. The Morgan fingerprint density at radius 1 is 1.05 bits per heavy atom. The first-order valence-corrected chi connectivity index (χ1v) is 6.21. The summed E-state index contributed by atoms with van der Waals surface area (Å²) in [7, 11) is 0. The van der Waals surface area contributed by atoms with Crippen LogP contribution in [-0.2, 0) is 0 Å². The van der Waals surface area contributed by atoms with Crippen molar-refractivity contribution >= 4 is 10.9 Å². The van der Waals surface area contributed by atoms with Crippen LogP contribution >= 0.6 is 0 Å². The molecule has 0 radical (unpaired) electrons. The van der Waals surface area contributed by atoms with Crippen molar-refractivity contribution in [3.05, 3.63) is 70.1 Å². The fraction of sp³-hybridized carbons (Fsp3) is 0.125. The average molecular weight is 250 g/mol. The molecule has 0 saturated carbocycles. The second-order valence-electron chi connectivity index (χ2n) is 4.73. The van der Waals surface area contributed by atoms with Crippen LogP contribution in [0.4, 0.5) is 0 Å². The highest BCUT2D eigenvalue weighted by Crippen LogP contribution is 2.18. The summed E-state index contributed by atoms with van der Waals surface area (Å²) in [5.74, 6) is 0.671. The summed E-state index contributed by atoms with van der Waals surface area (Å²) >= 11 is 0. The molecule has 2 heterocycles. The maximum absolute atomic E-state index is 11.9. The second-order valence-corrected chi connectivity index (χ2v) is 4.73. The van der Waals surface area contributed by atoms with Gasteiger partial charge in [0.25, 0.3) is 5.56 Å². The van der Waals surface area contributed by atoms with Crippen LogP contribution in [0.3, 0.4) is 0 Å². The van der Waals surface area contributed by atoms with Gasteiger partial charge in [0, 0.05) is 17.6 Å². The fourth-order valence-corrected chi connectivity index (χ4v) is 2.23. The smallest absolute Gasteiger partial charge is 0.256 e. The van der Waals surface area contributed by atoms with E-state index in [0.717, 1.165) is 22.0 Å². The first kappa shape index (κ1) is 11.7. The van der Waals surface area contributed by atoms with E-state index in [1.54, 1.807) is 10.6 Å². The van der Waals surface area contributed by atoms with E-state index in [2.05, 4.69) is 4.98 Å². The van der Waals surface area contributed by atoms with E-state index in [0.29, 0.717) is 5.82 Å². The number of nitrogens with zero attached hydrogens (tertiary/aromatic N) is 2. The van der Waals surface area contributed by atoms with Crippen molar-refractivity contribution < 1.29 is 0 Å². The number of aryl methyl sites for hydroxylation is 2. The van der Waals surface area contributed by atoms with Gasteiger partial charge in [-0.3, -0.25) is 9.36 Å². The molecular formula is C16H14N2O. The molecule has 3 heteroatoms. The second kappa shape index (κ2) is 4.35. The Bertz CT molecular complexity index is 818. The molecule has 3 nitrogen and oxygen atoms in total. The normalized spacial score (nSPS) is 10.8. The zero-order chi connectivity index (χ0) is 13.4. The lowest BCUT2D eigenvalue weighted by Crippen LogP contribution is -2.17. The van der Waals surface area contributed by atoms with Crippen molar-refractivity contribution in [2.45, 2.75) is 13.8 Å². The van der Waals surface area contributed by atoms with Gasteiger partial charge in [0.1, 0.15) is 5.82 Å². The number of fused-ring (bicyclic) bond motifs is 1. The Kier molecular flexibility index (Phi) is 2.67. The number of benzene rings is 1. The number of rotatable bonds is 1. The number of para-hydroxylation sites is 1. The van der Waals surface area contributed by atoms with Crippen LogP contribution in [0.1, 0.15) is 11.1 Å². The third-order valence-electron chi connectivity index (χ3n) is 3.22. The number of hydrogen-bond donors (Lipinski definition) is 0. The molecular weight excluding hydrogens is 236 g/mol. The van der Waals surface area contributed by atoms with Gasteiger partial charge in [0.15, 0.2) is 0 Å². The van der Waals surface area contributed by atoms with Gasteiger partial charge in [-0.05, 0) is 37.1 Å². The van der Waals surface area contributed by atoms with Crippen molar-refractivity contribution in [1.29, 1.82) is 0 Å². The van der Waals surface area contributed by atoms with Gasteiger partial charge >= 0.3 is 0 Å². The van der Waals surface area contributed by atoms with Gasteiger partial charge in [-0.1, -0.05) is 24.3 Å². The van der Waals surface area contributed by atoms with E-state index in [9.17, 15) is 4.79 Å². The van der Waals surface area contributed by atoms with Crippen LogP contribution in [0.5, 0.6) is 0 Å². The van der Waals surface area contributed by atoms with Crippen LogP contribution in [0.2, 0.25) is 0 Å². The Morgan fingerprint density at radius 3 is 2.68 bits per heavy atom. The number of pyridine rings is 2. The molecule has 1 aromatic carbocycles. The summed E-state index contributed by atoms with van der Waals surface area (Å²) in [6.07, 6.45) is 1.82. The molecule has 0 N–H and O–H groups in total. The van der Waals surface area contributed by atoms with Crippen LogP contribution < -0.4 is 5.56 Å². The topological polar surface area (TPSA) is 34.9 Å². The first-order valence-electron chi connectivity index (χ1n) is 6.21. The van der Waals surface area contributed by atoms with Crippen molar-refractivity contribution in [2.24, 2.45) is 0 Å². The lowest BCUT2D eigenvalue weighted by Gasteiger charge is -2.09. The monoisotopic (exact) mass is 250 g/mol. The highest BCUT2D eigenvalue weighted by molar-refractivity contribution is 5.82. The molecule has 19 heavy (non-hydrogen) atoms. The van der Waals surface area contributed by atoms with Crippen LogP contribution in [0.25, 0.3) is 16.7 Å². The first-order chi connectivity index (χ1) is 9.15. The Hall–Kier alpha value is -2.42. The molecule has 0 unspecified atom stereocenters. The molecule has 0 aliphatic heterocycles. The summed E-state index contributed by atoms with van der Waals surface area (Å²) in [6.45, 7) is 4.00. The average Bonchev–Trinajstić information content (AvgIpc) is 2.41. The Labute approximate surface area is 111 Å². The molecule has 0 bridgehead atoms. The van der Waals surface area contributed by atoms with Crippen molar-refractivity contribution in [3.63, 3.8) is 0 Å². The molecule has 0 saturated heterocycles. The van der Waals surface area contributed by atoms with E-state index in [1.807, 2.05) is 56.4 Å². The molecule has 3 aromatic rings. The lowest BCUT2D eigenvalue weighted by molar-refractivity contribution is 0.937. The molecule has 0 atom stereocenters. The zero-order valence-electron chi connectivity index (χ0n) is 10.9. The van der Waals surface area contributed by atoms with Crippen molar-refractivity contribution in [3.8, 4) is 5.82 Å². The van der Waals surface area contributed by atoms with Crippen molar-refractivity contribution in [1.82, 2.24) is 9.55 Å². The summed E-state index contributed by atoms with van der Waals surface area (Å²) in [4.78, 5) is 16.5. The van der Waals surface area contributed by atoms with Crippen LogP contribution in [0, 0.1) is 13.8 Å². The third-order valence-corrected chi connectivity index (χ3v) is 3.22. The standard InChI is InChI=1S/C16H14N2O/c1-11-7-8-16(19)18(10-11)15-9-12(2)13-5-3-4-6-14(13)17-15/h3-10H,1-2H3. The predicted molar refractivity (Wildman–Crippen MR) is 76.8 cm³/mol. The molecule has 3 rings (SSSR count). The van der Waals surface area contributed by atoms with Gasteiger partial charge < -0.3 is 0 Å². The largest absolute Gasteiger partial charge is 0.269 e. The molecule has 0 fully saturated rings. The van der Waals surface area contributed by atoms with E-state index < -0.39 is 0 Å². The Morgan fingerprint density at radius 2 is 1.84 bits per heavy atom. The molecule has 2 aromatic heterocycles. The minimum Gasteiger partial charge on any atom is -0.269 e. The minimum atomic E-state index is -0.0622. The summed E-state index contributed by atoms with van der Waals surface area (Å²) in [5.41, 5.74) is 3.00. The molecule has 0 spiro atoms. The fourth-order valence-electron chi connectivity index (χ4n) is 2.23. The number of aromatic nitrogens is 2. The van der Waals surface area contributed by atoms with Gasteiger partial charge in [0.2, 0.25) is 0 Å². The van der Waals surface area contributed by atoms with Gasteiger partial charge in [-0.25, -0.2) is 4.98 Å². The lowest BCUT2D eigenvalue weighted by atomic mass is 10.1. The van der Waals surface area contributed by atoms with Crippen LogP contribution in [0.15, 0.2) is 53.5 Å². The molecule has 94 valence electrons. The zero-order valence-corrected chi connectivity index (χ0v) is 10.9. The molecule has 0 aliphatic rings. The summed E-state index contributed by atoms with van der Waals surface area (Å²) in [6, 6.07) is 13.3. The van der Waals surface area contributed by atoms with E-state index in [-0.39, 0.29) is 5.56 Å². The van der Waals surface area contributed by atoms with Crippen LogP contribution in [-0.4, -0.2) is 9.55 Å². The SMILES string of the molecule is Cc1ccc(=O)n(-c2cc(C)c3ccccc3n2)c1. The van der Waals surface area contributed by atoms with Gasteiger partial charge in [-0.15, -0.1) is 0 Å². The van der Waals surface area contributed by atoms with Crippen molar-refractivity contribution in [2.75, 3.05) is 0 Å². The third kappa shape index (κ3) is 2.03. The molecule has 0 aliphatic carbocycles. The minimum absolute atomic E-state index is 0.0622. The highest BCUT2D eigenvalue weighted by atomic mass is 16.1. The van der Waals surface area contributed by atoms with E-state index >= 15 is 0 Å². The van der Waals surface area contributed by atoms with Gasteiger partial charge in [-0.2, -0.15) is 0 Å².